The molecule has 2 amide bonds. The maximum absolute atomic E-state index is 13.0. The zero-order valence-corrected chi connectivity index (χ0v) is 17.5. The number of carbonyl (C=O) groups excluding carboxylic acids is 2. The number of likely N-dealkylation sites (tertiary alicyclic amines) is 1. The van der Waals surface area contributed by atoms with E-state index in [9.17, 15) is 9.59 Å². The van der Waals surface area contributed by atoms with Gasteiger partial charge in [-0.15, -0.1) is 0 Å². The van der Waals surface area contributed by atoms with Crippen LogP contribution < -0.4 is 0 Å². The number of nitrogens with zero attached hydrogens (tertiary/aromatic N) is 5. The lowest BCUT2D eigenvalue weighted by Gasteiger charge is -2.33. The van der Waals surface area contributed by atoms with Crippen molar-refractivity contribution < 1.29 is 14.0 Å². The number of fused-ring (bicyclic) bond motifs is 1. The van der Waals surface area contributed by atoms with E-state index in [1.807, 2.05) is 21.4 Å². The topological polar surface area (TPSA) is 84.5 Å². The van der Waals surface area contributed by atoms with Gasteiger partial charge < -0.3 is 14.2 Å². The summed E-state index contributed by atoms with van der Waals surface area (Å²) in [6.45, 7) is 9.12. The monoisotopic (exact) mass is 399 g/mol. The SMILES string of the molecule is CCn1nc(-c2ncc(C)o2)c2c1CCN(C(=O)CC1CCN(C(C)=O)CC1)C2. The molecule has 0 aliphatic carbocycles. The van der Waals surface area contributed by atoms with Crippen molar-refractivity contribution in [2.45, 2.75) is 59.5 Å². The summed E-state index contributed by atoms with van der Waals surface area (Å²) in [6.07, 6.45) is 4.85. The second-order valence-corrected chi connectivity index (χ2v) is 8.08. The Labute approximate surface area is 170 Å². The van der Waals surface area contributed by atoms with Gasteiger partial charge in [-0.05, 0) is 32.6 Å². The molecule has 156 valence electrons. The summed E-state index contributed by atoms with van der Waals surface area (Å²) in [5.41, 5.74) is 2.99. The van der Waals surface area contributed by atoms with Gasteiger partial charge in [-0.2, -0.15) is 5.10 Å². The van der Waals surface area contributed by atoms with E-state index in [2.05, 4.69) is 11.9 Å². The predicted molar refractivity (Wildman–Crippen MR) is 107 cm³/mol. The molecular weight excluding hydrogens is 370 g/mol. The quantitative estimate of drug-likeness (QED) is 0.788. The summed E-state index contributed by atoms with van der Waals surface area (Å²) in [4.78, 5) is 32.7. The van der Waals surface area contributed by atoms with Gasteiger partial charge in [-0.25, -0.2) is 4.98 Å². The molecule has 1 fully saturated rings. The molecule has 29 heavy (non-hydrogen) atoms. The summed E-state index contributed by atoms with van der Waals surface area (Å²) in [5.74, 6) is 1.94. The number of rotatable bonds is 4. The highest BCUT2D eigenvalue weighted by atomic mass is 16.4. The van der Waals surface area contributed by atoms with Gasteiger partial charge in [0.05, 0.1) is 6.20 Å². The lowest BCUT2D eigenvalue weighted by Crippen LogP contribution is -2.40. The number of carbonyl (C=O) groups is 2. The molecular formula is C21H29N5O3. The molecule has 8 nitrogen and oxygen atoms in total. The molecule has 0 unspecified atom stereocenters. The Morgan fingerprint density at radius 3 is 2.59 bits per heavy atom. The van der Waals surface area contributed by atoms with Crippen LogP contribution in [-0.2, 0) is 29.1 Å². The number of aromatic nitrogens is 3. The molecule has 2 aliphatic rings. The van der Waals surface area contributed by atoms with Crippen molar-refractivity contribution in [3.8, 4) is 11.6 Å². The van der Waals surface area contributed by atoms with Crippen LogP contribution in [0, 0.1) is 12.8 Å². The summed E-state index contributed by atoms with van der Waals surface area (Å²) in [7, 11) is 0. The van der Waals surface area contributed by atoms with Crippen molar-refractivity contribution in [1.29, 1.82) is 0 Å². The first-order valence-electron chi connectivity index (χ1n) is 10.5. The Kier molecular flexibility index (Phi) is 5.43. The van der Waals surface area contributed by atoms with Crippen LogP contribution in [0.3, 0.4) is 0 Å². The van der Waals surface area contributed by atoms with Gasteiger partial charge in [0.2, 0.25) is 17.7 Å². The fourth-order valence-corrected chi connectivity index (χ4v) is 4.43. The predicted octanol–water partition coefficient (Wildman–Crippen LogP) is 2.40. The Morgan fingerprint density at radius 1 is 1.21 bits per heavy atom. The third kappa shape index (κ3) is 3.93. The molecule has 0 atom stereocenters. The van der Waals surface area contributed by atoms with E-state index < -0.39 is 0 Å². The van der Waals surface area contributed by atoms with E-state index in [0.717, 1.165) is 55.9 Å². The molecule has 8 heteroatoms. The second kappa shape index (κ2) is 8.00. The lowest BCUT2D eigenvalue weighted by molar-refractivity contribution is -0.134. The third-order valence-electron chi connectivity index (χ3n) is 6.13. The Balaban J connectivity index is 1.46. The zero-order valence-electron chi connectivity index (χ0n) is 17.5. The first-order valence-corrected chi connectivity index (χ1v) is 10.5. The number of hydrogen-bond acceptors (Lipinski definition) is 5. The van der Waals surface area contributed by atoms with Crippen LogP contribution in [0.4, 0.5) is 0 Å². The third-order valence-corrected chi connectivity index (χ3v) is 6.13. The summed E-state index contributed by atoms with van der Waals surface area (Å²) < 4.78 is 7.72. The van der Waals surface area contributed by atoms with Gasteiger partial charge in [0, 0.05) is 63.7 Å². The molecule has 4 rings (SSSR count). The summed E-state index contributed by atoms with van der Waals surface area (Å²) >= 11 is 0. The number of amides is 2. The van der Waals surface area contributed by atoms with Crippen LogP contribution in [0.25, 0.3) is 11.6 Å². The van der Waals surface area contributed by atoms with Crippen LogP contribution in [0.5, 0.6) is 0 Å². The van der Waals surface area contributed by atoms with Gasteiger partial charge >= 0.3 is 0 Å². The first kappa shape index (κ1) is 19.7. The normalized spacial score (nSPS) is 17.5. The molecule has 2 aliphatic heterocycles. The van der Waals surface area contributed by atoms with Gasteiger partial charge in [0.25, 0.3) is 0 Å². The van der Waals surface area contributed by atoms with Crippen molar-refractivity contribution in [3.05, 3.63) is 23.2 Å². The van der Waals surface area contributed by atoms with E-state index in [1.165, 1.54) is 5.69 Å². The van der Waals surface area contributed by atoms with Crippen molar-refractivity contribution >= 4 is 11.8 Å². The maximum atomic E-state index is 13.0. The lowest BCUT2D eigenvalue weighted by atomic mass is 9.92. The number of aryl methyl sites for hydroxylation is 2. The highest BCUT2D eigenvalue weighted by molar-refractivity contribution is 5.77. The molecule has 4 heterocycles. The van der Waals surface area contributed by atoms with E-state index in [1.54, 1.807) is 13.1 Å². The van der Waals surface area contributed by atoms with Gasteiger partial charge in [0.1, 0.15) is 5.76 Å². The fourth-order valence-electron chi connectivity index (χ4n) is 4.43. The molecule has 0 bridgehead atoms. The maximum Gasteiger partial charge on any atom is 0.247 e. The van der Waals surface area contributed by atoms with Crippen LogP contribution in [0.2, 0.25) is 0 Å². The smallest absolute Gasteiger partial charge is 0.247 e. The number of hydrogen-bond donors (Lipinski definition) is 0. The van der Waals surface area contributed by atoms with Gasteiger partial charge in [-0.3, -0.25) is 14.3 Å². The van der Waals surface area contributed by atoms with E-state index in [-0.39, 0.29) is 11.8 Å². The van der Waals surface area contributed by atoms with Gasteiger partial charge in [0.15, 0.2) is 5.69 Å². The molecule has 0 spiro atoms. The Morgan fingerprint density at radius 2 is 1.97 bits per heavy atom. The first-order chi connectivity index (χ1) is 14.0. The molecule has 0 saturated carbocycles. The van der Waals surface area contributed by atoms with E-state index >= 15 is 0 Å². The Hall–Kier alpha value is -2.64. The summed E-state index contributed by atoms with van der Waals surface area (Å²) in [5, 5.41) is 4.71. The van der Waals surface area contributed by atoms with Crippen LogP contribution in [-0.4, -0.2) is 56.0 Å². The number of piperidine rings is 1. The van der Waals surface area contributed by atoms with Crippen molar-refractivity contribution in [1.82, 2.24) is 24.6 Å². The highest BCUT2D eigenvalue weighted by Gasteiger charge is 2.31. The largest absolute Gasteiger partial charge is 0.440 e. The fraction of sp³-hybridized carbons (Fsp3) is 0.619. The molecule has 1 saturated heterocycles. The van der Waals surface area contributed by atoms with Gasteiger partial charge in [-0.1, -0.05) is 0 Å². The van der Waals surface area contributed by atoms with Crippen LogP contribution in [0.1, 0.15) is 50.1 Å². The zero-order chi connectivity index (χ0) is 20.5. The van der Waals surface area contributed by atoms with Crippen LogP contribution >= 0.6 is 0 Å². The minimum Gasteiger partial charge on any atom is -0.440 e. The van der Waals surface area contributed by atoms with Crippen LogP contribution in [0.15, 0.2) is 10.6 Å². The molecule has 2 aromatic heterocycles. The molecule has 2 aromatic rings. The minimum atomic E-state index is 0.126. The average Bonchev–Trinajstić information content (AvgIpc) is 3.31. The van der Waals surface area contributed by atoms with Crippen molar-refractivity contribution in [3.63, 3.8) is 0 Å². The minimum absolute atomic E-state index is 0.126. The standard InChI is InChI=1S/C21H29N5O3/c1-4-26-18-7-10-25(13-17(18)20(23-26)21-22-12-14(2)29-21)19(28)11-16-5-8-24(9-6-16)15(3)27/h12,16H,4-11,13H2,1-3H3. The van der Waals surface area contributed by atoms with Crippen molar-refractivity contribution in [2.24, 2.45) is 5.92 Å². The highest BCUT2D eigenvalue weighted by Crippen LogP contribution is 2.31. The second-order valence-electron chi connectivity index (χ2n) is 8.08. The van der Waals surface area contributed by atoms with E-state index in [0.29, 0.717) is 31.3 Å². The van der Waals surface area contributed by atoms with E-state index in [4.69, 9.17) is 9.52 Å². The molecule has 0 radical (unpaired) electrons. The van der Waals surface area contributed by atoms with Crippen molar-refractivity contribution in [2.75, 3.05) is 19.6 Å². The average molecular weight is 399 g/mol. The Bertz CT molecular complexity index is 908. The molecule has 0 N–H and O–H groups in total. The summed E-state index contributed by atoms with van der Waals surface area (Å²) in [6, 6.07) is 0. The number of oxazole rings is 1. The molecule has 0 aromatic carbocycles.